The van der Waals surface area contributed by atoms with Gasteiger partial charge in [0.15, 0.2) is 0 Å². The van der Waals surface area contributed by atoms with Crippen molar-refractivity contribution in [3.05, 3.63) is 46.1 Å². The van der Waals surface area contributed by atoms with Gasteiger partial charge < -0.3 is 5.32 Å². The van der Waals surface area contributed by atoms with Gasteiger partial charge in [0.2, 0.25) is 0 Å². The Balaban J connectivity index is 2.24. The maximum atomic E-state index is 11.9. The molecular formula is C11H10BrN3O. The van der Waals surface area contributed by atoms with Gasteiger partial charge in [0.25, 0.3) is 5.91 Å². The highest BCUT2D eigenvalue weighted by Crippen LogP contribution is 2.17. The van der Waals surface area contributed by atoms with E-state index in [-0.39, 0.29) is 5.91 Å². The Labute approximate surface area is 101 Å². The lowest BCUT2D eigenvalue weighted by Crippen LogP contribution is -2.13. The van der Waals surface area contributed by atoms with E-state index >= 15 is 0 Å². The van der Waals surface area contributed by atoms with Crippen molar-refractivity contribution >= 4 is 27.7 Å². The van der Waals surface area contributed by atoms with Gasteiger partial charge in [-0.05, 0) is 24.6 Å². The molecule has 0 saturated heterocycles. The molecule has 1 aromatic heterocycles. The fourth-order valence-corrected chi connectivity index (χ4v) is 1.72. The number of carbonyl (C=O) groups is 1. The lowest BCUT2D eigenvalue weighted by Gasteiger charge is -2.06. The molecule has 0 unspecified atom stereocenters. The van der Waals surface area contributed by atoms with E-state index in [2.05, 4.69) is 31.4 Å². The van der Waals surface area contributed by atoms with Crippen LogP contribution in [0.5, 0.6) is 0 Å². The van der Waals surface area contributed by atoms with Crippen LogP contribution in [0.15, 0.2) is 34.9 Å². The molecule has 0 saturated carbocycles. The maximum absolute atomic E-state index is 11.9. The van der Waals surface area contributed by atoms with Crippen molar-refractivity contribution in [1.29, 1.82) is 0 Å². The molecule has 0 aliphatic carbocycles. The van der Waals surface area contributed by atoms with Crippen molar-refractivity contribution in [3.63, 3.8) is 0 Å². The van der Waals surface area contributed by atoms with Crippen LogP contribution in [0.25, 0.3) is 0 Å². The number of rotatable bonds is 2. The molecule has 16 heavy (non-hydrogen) atoms. The molecule has 0 atom stereocenters. The van der Waals surface area contributed by atoms with Crippen LogP contribution >= 0.6 is 15.9 Å². The minimum Gasteiger partial charge on any atom is -0.307 e. The summed E-state index contributed by atoms with van der Waals surface area (Å²) in [6.07, 6.45) is 1.59. The van der Waals surface area contributed by atoms with Crippen LogP contribution in [0.2, 0.25) is 0 Å². The second-order valence-corrected chi connectivity index (χ2v) is 4.30. The van der Waals surface area contributed by atoms with Gasteiger partial charge in [-0.2, -0.15) is 5.10 Å². The Kier molecular flexibility index (Phi) is 3.05. The van der Waals surface area contributed by atoms with Crippen molar-refractivity contribution in [1.82, 2.24) is 10.2 Å². The molecular weight excluding hydrogens is 270 g/mol. The van der Waals surface area contributed by atoms with Crippen LogP contribution in [-0.2, 0) is 0 Å². The lowest BCUT2D eigenvalue weighted by atomic mass is 10.1. The number of carbonyl (C=O) groups excluding carboxylic acids is 1. The molecule has 5 heteroatoms. The van der Waals surface area contributed by atoms with Crippen LogP contribution in [0.1, 0.15) is 15.9 Å². The first-order chi connectivity index (χ1) is 7.66. The van der Waals surface area contributed by atoms with E-state index in [1.165, 1.54) is 0 Å². The number of hydrogen-bond donors (Lipinski definition) is 2. The van der Waals surface area contributed by atoms with Crippen LogP contribution in [0.4, 0.5) is 5.82 Å². The summed E-state index contributed by atoms with van der Waals surface area (Å²) in [6, 6.07) is 7.29. The minimum absolute atomic E-state index is 0.150. The predicted molar refractivity (Wildman–Crippen MR) is 65.4 cm³/mol. The molecule has 1 aromatic carbocycles. The Bertz CT molecular complexity index is 508. The summed E-state index contributed by atoms with van der Waals surface area (Å²) in [5.41, 5.74) is 1.57. The smallest absolute Gasteiger partial charge is 0.257 e. The fraction of sp³-hybridized carbons (Fsp3) is 0.0909. The third kappa shape index (κ3) is 2.30. The molecule has 4 nitrogen and oxygen atoms in total. The molecule has 0 fully saturated rings. The molecule has 0 aliphatic rings. The largest absolute Gasteiger partial charge is 0.307 e. The summed E-state index contributed by atoms with van der Waals surface area (Å²) in [5.74, 6) is 0.437. The van der Waals surface area contributed by atoms with Crippen molar-refractivity contribution < 1.29 is 4.79 Å². The van der Waals surface area contributed by atoms with Crippen molar-refractivity contribution in [2.24, 2.45) is 0 Å². The molecule has 0 spiro atoms. The number of hydrogen-bond acceptors (Lipinski definition) is 2. The van der Waals surface area contributed by atoms with Gasteiger partial charge in [0.1, 0.15) is 5.82 Å². The molecule has 2 rings (SSSR count). The number of H-pyrrole nitrogens is 1. The number of aromatic amines is 1. The summed E-state index contributed by atoms with van der Waals surface area (Å²) in [7, 11) is 0. The number of aryl methyl sites for hydroxylation is 1. The average Bonchev–Trinajstić information content (AvgIpc) is 2.74. The van der Waals surface area contributed by atoms with Crippen LogP contribution in [0.3, 0.4) is 0 Å². The number of benzene rings is 1. The molecule has 0 aliphatic heterocycles. The third-order valence-electron chi connectivity index (χ3n) is 2.19. The molecule has 2 N–H and O–H groups in total. The van der Waals surface area contributed by atoms with Gasteiger partial charge in [-0.3, -0.25) is 9.89 Å². The second-order valence-electron chi connectivity index (χ2n) is 3.38. The molecule has 1 amide bonds. The first kappa shape index (κ1) is 10.9. The topological polar surface area (TPSA) is 57.8 Å². The first-order valence-electron chi connectivity index (χ1n) is 4.73. The highest BCUT2D eigenvalue weighted by Gasteiger charge is 2.09. The number of anilines is 1. The standard InChI is InChI=1S/C11H10BrN3O/c1-7-2-3-8(12)6-9(7)11(16)14-10-4-5-13-15-10/h2-6H,1H3,(H2,13,14,15,16). The van der Waals surface area contributed by atoms with Crippen molar-refractivity contribution in [2.75, 3.05) is 5.32 Å². The molecule has 82 valence electrons. The quantitative estimate of drug-likeness (QED) is 0.888. The zero-order chi connectivity index (χ0) is 11.5. The van der Waals surface area contributed by atoms with Crippen LogP contribution in [-0.4, -0.2) is 16.1 Å². The van der Waals surface area contributed by atoms with E-state index in [1.54, 1.807) is 18.3 Å². The van der Waals surface area contributed by atoms with Gasteiger partial charge in [-0.1, -0.05) is 22.0 Å². The average molecular weight is 280 g/mol. The van der Waals surface area contributed by atoms with Crippen LogP contribution < -0.4 is 5.32 Å². The van der Waals surface area contributed by atoms with Crippen molar-refractivity contribution in [3.8, 4) is 0 Å². The van der Waals surface area contributed by atoms with Crippen molar-refractivity contribution in [2.45, 2.75) is 6.92 Å². The number of aromatic nitrogens is 2. The van der Waals surface area contributed by atoms with Gasteiger partial charge in [-0.15, -0.1) is 0 Å². The molecule has 1 heterocycles. The number of halogens is 1. The van der Waals surface area contributed by atoms with Gasteiger partial charge >= 0.3 is 0 Å². The van der Waals surface area contributed by atoms with Gasteiger partial charge in [0.05, 0.1) is 6.20 Å². The monoisotopic (exact) mass is 279 g/mol. The Morgan fingerprint density at radius 2 is 2.25 bits per heavy atom. The molecule has 0 radical (unpaired) electrons. The van der Waals surface area contributed by atoms with Gasteiger partial charge in [-0.25, -0.2) is 0 Å². The summed E-state index contributed by atoms with van der Waals surface area (Å²) in [6.45, 7) is 1.90. The van der Waals surface area contributed by atoms with E-state index in [1.807, 2.05) is 19.1 Å². The maximum Gasteiger partial charge on any atom is 0.257 e. The van der Waals surface area contributed by atoms with E-state index in [0.29, 0.717) is 11.4 Å². The van der Waals surface area contributed by atoms with E-state index in [0.717, 1.165) is 10.0 Å². The number of amides is 1. The lowest BCUT2D eigenvalue weighted by molar-refractivity contribution is 0.102. The second kappa shape index (κ2) is 4.49. The normalized spacial score (nSPS) is 10.1. The first-order valence-corrected chi connectivity index (χ1v) is 5.53. The van der Waals surface area contributed by atoms with Crippen LogP contribution in [0, 0.1) is 6.92 Å². The SMILES string of the molecule is Cc1ccc(Br)cc1C(=O)Nc1ccn[nH]1. The van der Waals surface area contributed by atoms with E-state index in [4.69, 9.17) is 0 Å². The summed E-state index contributed by atoms with van der Waals surface area (Å²) < 4.78 is 0.882. The molecule has 2 aromatic rings. The minimum atomic E-state index is -0.150. The predicted octanol–water partition coefficient (Wildman–Crippen LogP) is 2.73. The third-order valence-corrected chi connectivity index (χ3v) is 2.69. The Hall–Kier alpha value is -1.62. The zero-order valence-corrected chi connectivity index (χ0v) is 10.2. The summed E-state index contributed by atoms with van der Waals surface area (Å²) in [4.78, 5) is 11.9. The van der Waals surface area contributed by atoms with E-state index < -0.39 is 0 Å². The highest BCUT2D eigenvalue weighted by molar-refractivity contribution is 9.10. The highest BCUT2D eigenvalue weighted by atomic mass is 79.9. The number of nitrogens with zero attached hydrogens (tertiary/aromatic N) is 1. The summed E-state index contributed by atoms with van der Waals surface area (Å²) in [5, 5.41) is 9.17. The number of nitrogens with one attached hydrogen (secondary N) is 2. The Morgan fingerprint density at radius 1 is 1.44 bits per heavy atom. The van der Waals surface area contributed by atoms with Gasteiger partial charge in [0, 0.05) is 16.1 Å². The Morgan fingerprint density at radius 3 is 2.94 bits per heavy atom. The summed E-state index contributed by atoms with van der Waals surface area (Å²) >= 11 is 3.34. The molecule has 0 bridgehead atoms. The zero-order valence-electron chi connectivity index (χ0n) is 8.62. The fourth-order valence-electron chi connectivity index (χ4n) is 1.35. The van der Waals surface area contributed by atoms with E-state index in [9.17, 15) is 4.79 Å².